The molecule has 0 aliphatic heterocycles. The predicted molar refractivity (Wildman–Crippen MR) is 154 cm³/mol. The van der Waals surface area contributed by atoms with Gasteiger partial charge in [-0.3, -0.25) is 4.79 Å². The molecule has 0 spiro atoms. The summed E-state index contributed by atoms with van der Waals surface area (Å²) in [5.41, 5.74) is 8.20. The van der Waals surface area contributed by atoms with Gasteiger partial charge in [-0.2, -0.15) is 0 Å². The largest absolute Gasteiger partial charge is 0.481 e. The second-order valence-electron chi connectivity index (χ2n) is 11.5. The molecule has 0 atom stereocenters. The van der Waals surface area contributed by atoms with Crippen LogP contribution in [-0.4, -0.2) is 23.7 Å². The monoisotopic (exact) mass is 510 g/mol. The number of rotatable bonds is 8. The molecule has 4 nitrogen and oxygen atoms in total. The Hall–Kier alpha value is -3.66. The summed E-state index contributed by atoms with van der Waals surface area (Å²) in [4.78, 5) is 24.0. The van der Waals surface area contributed by atoms with Crippen molar-refractivity contribution in [2.75, 3.05) is 6.61 Å². The summed E-state index contributed by atoms with van der Waals surface area (Å²) in [5.74, 6) is -1.28. The van der Waals surface area contributed by atoms with Gasteiger partial charge >= 0.3 is 11.9 Å². The van der Waals surface area contributed by atoms with Crippen LogP contribution >= 0.6 is 0 Å². The van der Waals surface area contributed by atoms with Crippen LogP contribution in [0, 0.1) is 0 Å². The fourth-order valence-corrected chi connectivity index (χ4v) is 5.52. The first-order valence-corrected chi connectivity index (χ1v) is 13.4. The summed E-state index contributed by atoms with van der Waals surface area (Å²) >= 11 is 0. The van der Waals surface area contributed by atoms with Crippen molar-refractivity contribution in [2.45, 2.75) is 71.1 Å². The topological polar surface area (TPSA) is 63.6 Å². The lowest BCUT2D eigenvalue weighted by molar-refractivity contribution is -0.136. The average molecular weight is 511 g/mol. The Morgan fingerprint density at radius 2 is 1.63 bits per heavy atom. The summed E-state index contributed by atoms with van der Waals surface area (Å²) in [6.45, 7) is 11.4. The first-order chi connectivity index (χ1) is 18.0. The number of carbonyl (C=O) groups excluding carboxylic acids is 1. The van der Waals surface area contributed by atoms with E-state index in [4.69, 9.17) is 4.74 Å². The zero-order valence-corrected chi connectivity index (χ0v) is 23.1. The lowest BCUT2D eigenvalue weighted by Gasteiger charge is -2.42. The molecule has 0 radical (unpaired) electrons. The number of carboxylic acids is 1. The highest BCUT2D eigenvalue weighted by atomic mass is 16.5. The maximum Gasteiger partial charge on any atom is 0.338 e. The van der Waals surface area contributed by atoms with Gasteiger partial charge in [-0.15, -0.1) is 0 Å². The van der Waals surface area contributed by atoms with Gasteiger partial charge in [-0.05, 0) is 88.1 Å². The summed E-state index contributed by atoms with van der Waals surface area (Å²) in [6, 6.07) is 19.8. The molecule has 198 valence electrons. The van der Waals surface area contributed by atoms with Gasteiger partial charge in [0.15, 0.2) is 0 Å². The fourth-order valence-electron chi connectivity index (χ4n) is 5.52. The molecule has 1 N–H and O–H groups in total. The van der Waals surface area contributed by atoms with E-state index in [9.17, 15) is 14.7 Å². The lowest BCUT2D eigenvalue weighted by Crippen LogP contribution is -2.33. The number of aliphatic carboxylic acids is 1. The lowest BCUT2D eigenvalue weighted by atomic mass is 9.63. The molecule has 3 aromatic rings. The molecule has 0 saturated heterocycles. The van der Waals surface area contributed by atoms with E-state index < -0.39 is 5.97 Å². The number of esters is 1. The van der Waals surface area contributed by atoms with E-state index in [0.717, 1.165) is 23.1 Å². The van der Waals surface area contributed by atoms with Crippen LogP contribution < -0.4 is 0 Å². The molecule has 4 heteroatoms. The van der Waals surface area contributed by atoms with Crippen molar-refractivity contribution in [2.24, 2.45) is 0 Å². The molecule has 0 saturated carbocycles. The van der Waals surface area contributed by atoms with Gasteiger partial charge in [-0.25, -0.2) is 4.79 Å². The van der Waals surface area contributed by atoms with Crippen LogP contribution in [-0.2, 0) is 33.2 Å². The van der Waals surface area contributed by atoms with Crippen LogP contribution in [0.15, 0.2) is 66.7 Å². The standard InChI is InChI=1S/C34H38O4/c1-6-38-32(37)27-15-9-13-25(21-27)31-24(12-8-14-26(31)22-30(35)36)11-7-10-23-16-17-28-29(20-23)34(4,5)19-18-33(28,2)3/h7-9,11-17,20-21H,6,10,18-19,22H2,1-5H3,(H,35,36)/b11-7+. The Balaban J connectivity index is 1.69. The van der Waals surface area contributed by atoms with E-state index in [1.54, 1.807) is 19.1 Å². The third kappa shape index (κ3) is 5.91. The smallest absolute Gasteiger partial charge is 0.338 e. The Morgan fingerprint density at radius 3 is 2.34 bits per heavy atom. The van der Waals surface area contributed by atoms with Gasteiger partial charge in [0, 0.05) is 0 Å². The van der Waals surface area contributed by atoms with E-state index in [0.29, 0.717) is 17.7 Å². The van der Waals surface area contributed by atoms with Crippen molar-refractivity contribution in [3.8, 4) is 11.1 Å². The number of allylic oxidation sites excluding steroid dienone is 1. The molecule has 0 amide bonds. The van der Waals surface area contributed by atoms with E-state index in [1.807, 2.05) is 30.3 Å². The molecular weight excluding hydrogens is 472 g/mol. The first-order valence-electron chi connectivity index (χ1n) is 13.4. The van der Waals surface area contributed by atoms with Crippen LogP contribution in [0.4, 0.5) is 0 Å². The van der Waals surface area contributed by atoms with E-state index in [2.05, 4.69) is 58.0 Å². The van der Waals surface area contributed by atoms with E-state index >= 15 is 0 Å². The molecule has 1 aliphatic rings. The molecule has 4 rings (SSSR count). The summed E-state index contributed by atoms with van der Waals surface area (Å²) in [6.07, 6.45) is 7.25. The highest BCUT2D eigenvalue weighted by molar-refractivity contribution is 5.92. The van der Waals surface area contributed by atoms with Gasteiger partial charge in [0.1, 0.15) is 0 Å². The Kier molecular flexibility index (Phi) is 7.91. The van der Waals surface area contributed by atoms with Gasteiger partial charge in [0.2, 0.25) is 0 Å². The quantitative estimate of drug-likeness (QED) is 0.315. The minimum Gasteiger partial charge on any atom is -0.481 e. The van der Waals surface area contributed by atoms with Crippen molar-refractivity contribution in [1.82, 2.24) is 0 Å². The molecule has 0 fully saturated rings. The van der Waals surface area contributed by atoms with Crippen LogP contribution in [0.3, 0.4) is 0 Å². The average Bonchev–Trinajstić information content (AvgIpc) is 2.87. The first kappa shape index (κ1) is 27.4. The van der Waals surface area contributed by atoms with E-state index in [-0.39, 0.29) is 23.2 Å². The summed E-state index contributed by atoms with van der Waals surface area (Å²) in [5, 5.41) is 9.55. The molecule has 1 aliphatic carbocycles. The Morgan fingerprint density at radius 1 is 0.921 bits per heavy atom. The second-order valence-corrected chi connectivity index (χ2v) is 11.5. The van der Waals surface area contributed by atoms with Gasteiger partial charge < -0.3 is 9.84 Å². The van der Waals surface area contributed by atoms with Crippen molar-refractivity contribution < 1.29 is 19.4 Å². The molecule has 0 aromatic heterocycles. The molecule has 38 heavy (non-hydrogen) atoms. The number of hydrogen-bond acceptors (Lipinski definition) is 3. The Labute approximate surface area is 226 Å². The molecular formula is C34H38O4. The number of fused-ring (bicyclic) bond motifs is 1. The van der Waals surface area contributed by atoms with Gasteiger partial charge in [-0.1, -0.05) is 88.4 Å². The summed E-state index contributed by atoms with van der Waals surface area (Å²) < 4.78 is 5.18. The van der Waals surface area contributed by atoms with Crippen LogP contribution in [0.5, 0.6) is 0 Å². The molecule has 0 unspecified atom stereocenters. The van der Waals surface area contributed by atoms with Gasteiger partial charge in [0.25, 0.3) is 0 Å². The third-order valence-corrected chi connectivity index (χ3v) is 7.76. The number of ether oxygens (including phenoxy) is 1. The van der Waals surface area contributed by atoms with Crippen LogP contribution in [0.1, 0.15) is 85.6 Å². The van der Waals surface area contributed by atoms with Gasteiger partial charge in [0.05, 0.1) is 18.6 Å². The number of benzene rings is 3. The predicted octanol–water partition coefficient (Wildman–Crippen LogP) is 7.76. The minimum atomic E-state index is -0.895. The minimum absolute atomic E-state index is 0.101. The maximum atomic E-state index is 12.4. The number of carboxylic acid groups (broad SMARTS) is 1. The molecule has 0 bridgehead atoms. The molecule has 0 heterocycles. The SMILES string of the molecule is CCOC(=O)c1cccc(-c2c(/C=C/Cc3ccc4c(c3)C(C)(C)CCC4(C)C)cccc2CC(=O)O)c1. The molecule has 3 aromatic carbocycles. The zero-order valence-electron chi connectivity index (χ0n) is 23.1. The third-order valence-electron chi connectivity index (χ3n) is 7.76. The fraction of sp³-hybridized carbons (Fsp3) is 0.353. The van der Waals surface area contributed by atoms with Crippen molar-refractivity contribution in [3.63, 3.8) is 0 Å². The zero-order chi connectivity index (χ0) is 27.5. The second kappa shape index (κ2) is 11.0. The van der Waals surface area contributed by atoms with Crippen molar-refractivity contribution in [1.29, 1.82) is 0 Å². The van der Waals surface area contributed by atoms with Crippen molar-refractivity contribution >= 4 is 18.0 Å². The number of hydrogen-bond donors (Lipinski definition) is 1. The highest BCUT2D eigenvalue weighted by Crippen LogP contribution is 2.46. The van der Waals surface area contributed by atoms with Crippen molar-refractivity contribution in [3.05, 3.63) is 100 Å². The highest BCUT2D eigenvalue weighted by Gasteiger charge is 2.36. The maximum absolute atomic E-state index is 12.4. The Bertz CT molecular complexity index is 1380. The number of carbonyl (C=O) groups is 2. The van der Waals surface area contributed by atoms with Crippen LogP contribution in [0.2, 0.25) is 0 Å². The normalized spacial score (nSPS) is 15.7. The van der Waals surface area contributed by atoms with E-state index in [1.165, 1.54) is 29.5 Å². The summed E-state index contributed by atoms with van der Waals surface area (Å²) in [7, 11) is 0. The van der Waals surface area contributed by atoms with Crippen LogP contribution in [0.25, 0.3) is 17.2 Å².